The summed E-state index contributed by atoms with van der Waals surface area (Å²) in [5, 5.41) is 4.88. The number of hydrogen-bond acceptors (Lipinski definition) is 5. The minimum absolute atomic E-state index is 0.650. The van der Waals surface area contributed by atoms with Gasteiger partial charge in [0.1, 0.15) is 5.03 Å². The van der Waals surface area contributed by atoms with Crippen LogP contribution in [0.15, 0.2) is 40.6 Å². The van der Waals surface area contributed by atoms with Crippen molar-refractivity contribution >= 4 is 28.7 Å². The molecule has 0 aliphatic heterocycles. The van der Waals surface area contributed by atoms with Gasteiger partial charge in [0.15, 0.2) is 5.16 Å². The fraction of sp³-hybridized carbons (Fsp3) is 0.214. The van der Waals surface area contributed by atoms with Gasteiger partial charge >= 0.3 is 0 Å². The smallest absolute Gasteiger partial charge is 0.223 e. The molecule has 0 bridgehead atoms. The molecule has 1 aromatic carbocycles. The molecule has 3 rings (SSSR count). The molecule has 5 nitrogen and oxygen atoms in total. The number of aromatic nitrogens is 4. The van der Waals surface area contributed by atoms with Gasteiger partial charge < -0.3 is 10.3 Å². The molecule has 0 saturated heterocycles. The normalized spacial score (nSPS) is 10.9. The van der Waals surface area contributed by atoms with Gasteiger partial charge in [-0.1, -0.05) is 12.1 Å². The van der Waals surface area contributed by atoms with Crippen molar-refractivity contribution < 1.29 is 0 Å². The number of benzene rings is 1. The number of nitrogens with one attached hydrogen (secondary N) is 2. The van der Waals surface area contributed by atoms with Crippen LogP contribution in [0.1, 0.15) is 12.5 Å². The number of fused-ring (bicyclic) bond motifs is 1. The van der Waals surface area contributed by atoms with Crippen molar-refractivity contribution in [3.63, 3.8) is 0 Å². The first-order chi connectivity index (χ1) is 9.76. The highest BCUT2D eigenvalue weighted by Crippen LogP contribution is 2.28. The SMILES string of the molecule is CCNc1ncc(C)c(Sc2nc3ccccc3[nH]2)n1. The topological polar surface area (TPSA) is 66.5 Å². The average Bonchev–Trinajstić information content (AvgIpc) is 2.85. The minimum Gasteiger partial charge on any atom is -0.354 e. The van der Waals surface area contributed by atoms with Crippen molar-refractivity contribution in [1.82, 2.24) is 19.9 Å². The third-order valence-corrected chi connectivity index (χ3v) is 3.81. The zero-order valence-corrected chi connectivity index (χ0v) is 12.2. The number of hydrogen-bond donors (Lipinski definition) is 2. The largest absolute Gasteiger partial charge is 0.354 e. The fourth-order valence-corrected chi connectivity index (χ4v) is 2.68. The Morgan fingerprint density at radius 2 is 2.10 bits per heavy atom. The fourth-order valence-electron chi connectivity index (χ4n) is 1.84. The summed E-state index contributed by atoms with van der Waals surface area (Å²) in [5.74, 6) is 0.650. The van der Waals surface area contributed by atoms with Crippen molar-refractivity contribution in [3.05, 3.63) is 36.0 Å². The lowest BCUT2D eigenvalue weighted by Gasteiger charge is -2.05. The summed E-state index contributed by atoms with van der Waals surface area (Å²) in [6, 6.07) is 7.99. The minimum atomic E-state index is 0.650. The van der Waals surface area contributed by atoms with Gasteiger partial charge in [-0.05, 0) is 37.7 Å². The van der Waals surface area contributed by atoms with Crippen LogP contribution < -0.4 is 5.32 Å². The van der Waals surface area contributed by atoms with E-state index in [1.807, 2.05) is 44.3 Å². The number of anilines is 1. The van der Waals surface area contributed by atoms with E-state index in [2.05, 4.69) is 25.3 Å². The maximum Gasteiger partial charge on any atom is 0.223 e. The standard InChI is InChI=1S/C14H15N5S/c1-3-15-13-16-8-9(2)12(19-13)20-14-17-10-6-4-5-7-11(10)18-14/h4-8H,3H2,1-2H3,(H,17,18)(H,15,16,19). The van der Waals surface area contributed by atoms with Gasteiger partial charge in [0.25, 0.3) is 0 Å². The number of rotatable bonds is 4. The molecule has 0 radical (unpaired) electrons. The maximum atomic E-state index is 4.55. The van der Waals surface area contributed by atoms with E-state index < -0.39 is 0 Å². The van der Waals surface area contributed by atoms with Crippen LogP contribution in [0, 0.1) is 6.92 Å². The highest BCUT2D eigenvalue weighted by atomic mass is 32.2. The predicted octanol–water partition coefficient (Wildman–Crippen LogP) is 3.24. The average molecular weight is 285 g/mol. The molecule has 2 N–H and O–H groups in total. The molecule has 0 atom stereocenters. The summed E-state index contributed by atoms with van der Waals surface area (Å²) in [7, 11) is 0. The molecule has 0 aliphatic carbocycles. The van der Waals surface area contributed by atoms with E-state index in [9.17, 15) is 0 Å². The van der Waals surface area contributed by atoms with Crippen molar-refractivity contribution in [2.75, 3.05) is 11.9 Å². The summed E-state index contributed by atoms with van der Waals surface area (Å²) in [4.78, 5) is 16.6. The molecule has 0 aliphatic rings. The number of para-hydroxylation sites is 2. The lowest BCUT2D eigenvalue weighted by atomic mass is 10.3. The molecule has 102 valence electrons. The summed E-state index contributed by atoms with van der Waals surface area (Å²) in [6.07, 6.45) is 1.83. The van der Waals surface area contributed by atoms with Gasteiger partial charge in [-0.25, -0.2) is 15.0 Å². The van der Waals surface area contributed by atoms with E-state index in [1.165, 1.54) is 11.8 Å². The second kappa shape index (κ2) is 5.50. The number of H-pyrrole nitrogens is 1. The zero-order valence-electron chi connectivity index (χ0n) is 11.3. The molecule has 2 aromatic heterocycles. The molecule has 0 unspecified atom stereocenters. The van der Waals surface area contributed by atoms with Crippen LogP contribution >= 0.6 is 11.8 Å². The molecule has 0 fully saturated rings. The van der Waals surface area contributed by atoms with Crippen LogP contribution in [0.5, 0.6) is 0 Å². The predicted molar refractivity (Wildman–Crippen MR) is 81.1 cm³/mol. The molecule has 2 heterocycles. The van der Waals surface area contributed by atoms with E-state index in [-0.39, 0.29) is 0 Å². The van der Waals surface area contributed by atoms with Crippen LogP contribution in [0.2, 0.25) is 0 Å². The Kier molecular flexibility index (Phi) is 3.56. The van der Waals surface area contributed by atoms with Gasteiger partial charge in [0.2, 0.25) is 5.95 Å². The third kappa shape index (κ3) is 2.60. The van der Waals surface area contributed by atoms with Crippen molar-refractivity contribution in [3.8, 4) is 0 Å². The lowest BCUT2D eigenvalue weighted by Crippen LogP contribution is -2.03. The molecule has 0 spiro atoms. The van der Waals surface area contributed by atoms with Crippen molar-refractivity contribution in [2.45, 2.75) is 24.0 Å². The first-order valence-corrected chi connectivity index (χ1v) is 7.28. The highest BCUT2D eigenvalue weighted by Gasteiger charge is 2.09. The molecule has 0 amide bonds. The van der Waals surface area contributed by atoms with E-state index >= 15 is 0 Å². The van der Waals surface area contributed by atoms with Crippen LogP contribution in [0.4, 0.5) is 5.95 Å². The van der Waals surface area contributed by atoms with Crippen LogP contribution in [-0.4, -0.2) is 26.5 Å². The summed E-state index contributed by atoms with van der Waals surface area (Å²) in [6.45, 7) is 4.83. The van der Waals surface area contributed by atoms with Crippen molar-refractivity contribution in [2.24, 2.45) is 0 Å². The number of nitrogens with zero attached hydrogens (tertiary/aromatic N) is 3. The number of aromatic amines is 1. The van der Waals surface area contributed by atoms with Crippen LogP contribution in [-0.2, 0) is 0 Å². The Balaban J connectivity index is 1.91. The van der Waals surface area contributed by atoms with Gasteiger partial charge in [-0.2, -0.15) is 0 Å². The first-order valence-electron chi connectivity index (χ1n) is 6.46. The van der Waals surface area contributed by atoms with Gasteiger partial charge in [-0.15, -0.1) is 0 Å². The Bertz CT molecular complexity index is 704. The third-order valence-electron chi connectivity index (χ3n) is 2.82. The second-order valence-electron chi connectivity index (χ2n) is 4.37. The van der Waals surface area contributed by atoms with Crippen LogP contribution in [0.3, 0.4) is 0 Å². The van der Waals surface area contributed by atoms with Gasteiger partial charge in [0.05, 0.1) is 11.0 Å². The van der Waals surface area contributed by atoms with E-state index in [1.54, 1.807) is 0 Å². The Morgan fingerprint density at radius 1 is 1.25 bits per heavy atom. The molecule has 3 aromatic rings. The lowest BCUT2D eigenvalue weighted by molar-refractivity contribution is 0.974. The van der Waals surface area contributed by atoms with E-state index in [0.717, 1.165) is 33.3 Å². The number of imidazole rings is 1. The summed E-state index contributed by atoms with van der Waals surface area (Å²) >= 11 is 1.52. The quantitative estimate of drug-likeness (QED) is 0.720. The van der Waals surface area contributed by atoms with Gasteiger partial charge in [0, 0.05) is 18.3 Å². The molecule has 6 heteroatoms. The molecular weight excluding hydrogens is 270 g/mol. The molecular formula is C14H15N5S. The Labute approximate surface area is 121 Å². The number of aryl methyl sites for hydroxylation is 1. The zero-order chi connectivity index (χ0) is 13.9. The van der Waals surface area contributed by atoms with E-state index in [0.29, 0.717) is 5.95 Å². The second-order valence-corrected chi connectivity index (χ2v) is 5.35. The van der Waals surface area contributed by atoms with E-state index in [4.69, 9.17) is 0 Å². The summed E-state index contributed by atoms with van der Waals surface area (Å²) < 4.78 is 0. The monoisotopic (exact) mass is 285 g/mol. The highest BCUT2D eigenvalue weighted by molar-refractivity contribution is 7.99. The van der Waals surface area contributed by atoms with Gasteiger partial charge in [-0.3, -0.25) is 0 Å². The van der Waals surface area contributed by atoms with Crippen molar-refractivity contribution in [1.29, 1.82) is 0 Å². The first kappa shape index (κ1) is 12.9. The molecule has 0 saturated carbocycles. The summed E-state index contributed by atoms with van der Waals surface area (Å²) in [5.41, 5.74) is 3.04. The Hall–Kier alpha value is -2.08. The molecule has 20 heavy (non-hydrogen) atoms. The maximum absolute atomic E-state index is 4.55. The Morgan fingerprint density at radius 3 is 2.90 bits per heavy atom. The van der Waals surface area contributed by atoms with Crippen LogP contribution in [0.25, 0.3) is 11.0 Å².